The first kappa shape index (κ1) is 64.8. The number of hydroxylamine groups is 2. The van der Waals surface area contributed by atoms with Crippen LogP contribution in [0.4, 0.5) is 0 Å². The van der Waals surface area contributed by atoms with Crippen LogP contribution in [0.1, 0.15) is 131 Å². The number of hydrazine groups is 1. The molecular weight excluding hydrogens is 1030 g/mol. The summed E-state index contributed by atoms with van der Waals surface area (Å²) < 4.78 is 12.2. The second-order valence-corrected chi connectivity index (χ2v) is 22.7. The van der Waals surface area contributed by atoms with E-state index in [0.717, 1.165) is 23.3 Å². The Kier molecular flexibility index (Phi) is 25.3. The Morgan fingerprint density at radius 1 is 0.775 bits per heavy atom. The first-order valence-corrected chi connectivity index (χ1v) is 28.9. The van der Waals surface area contributed by atoms with E-state index in [1.807, 2.05) is 88.9 Å². The van der Waals surface area contributed by atoms with Gasteiger partial charge in [0, 0.05) is 65.8 Å². The minimum absolute atomic E-state index is 0.0623. The summed E-state index contributed by atoms with van der Waals surface area (Å²) in [7, 11) is 6.54. The highest BCUT2D eigenvalue weighted by Crippen LogP contribution is 2.32. The average molecular weight is 1120 g/mol. The van der Waals surface area contributed by atoms with E-state index < -0.39 is 54.2 Å². The molecule has 2 fully saturated rings. The van der Waals surface area contributed by atoms with Crippen molar-refractivity contribution in [2.24, 2.45) is 23.7 Å². The number of carbonyl (C=O) groups is 9. The minimum atomic E-state index is -0.924. The number of likely N-dealkylation sites (tertiary alicyclic amines) is 1. The quantitative estimate of drug-likeness (QED) is 0.0356. The van der Waals surface area contributed by atoms with Gasteiger partial charge in [0.25, 0.3) is 17.7 Å². The highest BCUT2D eigenvalue weighted by Gasteiger charge is 2.45. The van der Waals surface area contributed by atoms with Crippen molar-refractivity contribution in [3.63, 3.8) is 0 Å². The summed E-state index contributed by atoms with van der Waals surface area (Å²) in [5, 5.41) is 7.51. The number of likely N-dealkylation sites (N-methyl/N-ethyl adjacent to an activating group) is 2. The Balaban J connectivity index is 1.16. The number of imide groups is 1. The van der Waals surface area contributed by atoms with Crippen LogP contribution >= 0.6 is 0 Å². The molecule has 1 aromatic rings. The van der Waals surface area contributed by atoms with E-state index in [0.29, 0.717) is 58.0 Å². The van der Waals surface area contributed by atoms with Crippen molar-refractivity contribution in [1.82, 2.24) is 46.1 Å². The topological polar surface area (TPSA) is 246 Å². The SMILES string of the molecule is CC[C@H](C)[C@@H]([C@@H](CC(=O)N1CCC[C@H]1[C@H](OC)[C@@H](C)C(=O)N[C@@H](Cc1ccccc1)C(=O)N1OC2C=CC1CC2)OC)N(C)C(=O)[C@@H](NC(=O)[C@H](C(C)C)N(C)CCCC(=O)NNC(=O)CCCCCN1C(=O)C=CC1=O)C(C)C. The molecule has 1 aromatic carbocycles. The summed E-state index contributed by atoms with van der Waals surface area (Å²) >= 11 is 0. The van der Waals surface area contributed by atoms with Gasteiger partial charge in [-0.3, -0.25) is 68.6 Å². The summed E-state index contributed by atoms with van der Waals surface area (Å²) in [5.41, 5.74) is 5.75. The molecular formula is C59H91N9O12. The van der Waals surface area contributed by atoms with Gasteiger partial charge in [0.05, 0.1) is 48.7 Å². The zero-order chi connectivity index (χ0) is 58.8. The van der Waals surface area contributed by atoms with Crippen molar-refractivity contribution in [2.45, 2.75) is 186 Å². The van der Waals surface area contributed by atoms with Crippen LogP contribution in [0.3, 0.4) is 0 Å². The van der Waals surface area contributed by atoms with Crippen molar-refractivity contribution in [3.8, 4) is 0 Å². The van der Waals surface area contributed by atoms with Gasteiger partial charge in [-0.15, -0.1) is 0 Å². The van der Waals surface area contributed by atoms with E-state index in [2.05, 4.69) is 21.5 Å². The number of fused-ring (bicyclic) bond motifs is 2. The molecule has 11 atom stereocenters. The van der Waals surface area contributed by atoms with Crippen LogP contribution in [0.2, 0.25) is 0 Å². The average Bonchev–Trinajstić information content (AvgIpc) is 4.08. The zero-order valence-corrected chi connectivity index (χ0v) is 49.2. The molecule has 21 heteroatoms. The second-order valence-electron chi connectivity index (χ2n) is 22.7. The second kappa shape index (κ2) is 31.3. The van der Waals surface area contributed by atoms with E-state index in [4.69, 9.17) is 14.3 Å². The van der Waals surface area contributed by atoms with Gasteiger partial charge >= 0.3 is 0 Å². The van der Waals surface area contributed by atoms with Crippen molar-refractivity contribution >= 4 is 53.2 Å². The van der Waals surface area contributed by atoms with Gasteiger partial charge in [0.15, 0.2) is 0 Å². The van der Waals surface area contributed by atoms with Crippen LogP contribution < -0.4 is 21.5 Å². The van der Waals surface area contributed by atoms with Gasteiger partial charge in [-0.25, -0.2) is 5.06 Å². The lowest BCUT2D eigenvalue weighted by Crippen LogP contribution is -2.60. The molecule has 2 bridgehead atoms. The molecule has 2 saturated heterocycles. The van der Waals surface area contributed by atoms with E-state index >= 15 is 0 Å². The predicted molar refractivity (Wildman–Crippen MR) is 300 cm³/mol. The van der Waals surface area contributed by atoms with Crippen LogP contribution in [0.5, 0.6) is 0 Å². The van der Waals surface area contributed by atoms with Gasteiger partial charge in [-0.1, -0.05) is 104 Å². The molecule has 2 unspecified atom stereocenters. The maximum absolute atomic E-state index is 14.7. The van der Waals surface area contributed by atoms with Gasteiger partial charge in [-0.05, 0) is 81.9 Å². The largest absolute Gasteiger partial charge is 0.379 e. The maximum Gasteiger partial charge on any atom is 0.269 e. The predicted octanol–water partition coefficient (Wildman–Crippen LogP) is 4.01. The normalized spacial score (nSPS) is 20.8. The number of ether oxygens (including phenoxy) is 2. The van der Waals surface area contributed by atoms with Crippen molar-refractivity contribution in [1.29, 1.82) is 0 Å². The molecule has 0 aromatic heterocycles. The molecule has 21 nitrogen and oxygen atoms in total. The first-order chi connectivity index (χ1) is 38.1. The van der Waals surface area contributed by atoms with E-state index in [1.54, 1.807) is 30.8 Å². The number of nitrogens with zero attached hydrogens (tertiary/aromatic N) is 5. The Hall–Kier alpha value is -6.03. The first-order valence-electron chi connectivity index (χ1n) is 28.9. The van der Waals surface area contributed by atoms with E-state index in [9.17, 15) is 43.2 Å². The lowest BCUT2D eigenvalue weighted by molar-refractivity contribution is -0.232. The number of benzene rings is 1. The molecule has 6 rings (SSSR count). The summed E-state index contributed by atoms with van der Waals surface area (Å²) in [6.45, 7) is 14.4. The number of hydrogen-bond acceptors (Lipinski definition) is 13. The number of carbonyl (C=O) groups excluding carboxylic acids is 9. The number of unbranched alkanes of at least 4 members (excludes halogenated alkanes) is 2. The fraction of sp³-hybridized carbons (Fsp3) is 0.678. The van der Waals surface area contributed by atoms with Crippen LogP contribution in [-0.2, 0) is 63.9 Å². The highest BCUT2D eigenvalue weighted by molar-refractivity contribution is 6.12. The summed E-state index contributed by atoms with van der Waals surface area (Å²) in [5.74, 6) is -4.40. The Bertz CT molecular complexity index is 2330. The zero-order valence-electron chi connectivity index (χ0n) is 49.2. The van der Waals surface area contributed by atoms with E-state index in [-0.39, 0.29) is 109 Å². The molecule has 80 heavy (non-hydrogen) atoms. The molecule has 4 N–H and O–H groups in total. The third-order valence-corrected chi connectivity index (χ3v) is 16.3. The highest BCUT2D eigenvalue weighted by atomic mass is 16.7. The van der Waals surface area contributed by atoms with Gasteiger partial charge in [0.2, 0.25) is 35.4 Å². The molecule has 0 saturated carbocycles. The van der Waals surface area contributed by atoms with Crippen LogP contribution in [-0.4, -0.2) is 180 Å². The fourth-order valence-electron chi connectivity index (χ4n) is 11.6. The van der Waals surface area contributed by atoms with Crippen molar-refractivity contribution in [3.05, 3.63) is 60.2 Å². The fourth-order valence-corrected chi connectivity index (χ4v) is 11.6. The molecule has 1 aliphatic carbocycles. The smallest absolute Gasteiger partial charge is 0.269 e. The molecule has 444 valence electrons. The monoisotopic (exact) mass is 1120 g/mol. The summed E-state index contributed by atoms with van der Waals surface area (Å²) in [6.07, 6.45) is 10.8. The van der Waals surface area contributed by atoms with Crippen molar-refractivity contribution < 1.29 is 57.5 Å². The van der Waals surface area contributed by atoms with Crippen LogP contribution in [0.15, 0.2) is 54.6 Å². The number of methoxy groups -OCH3 is 2. The standard InChI is InChI=1S/C59H91N9O12/c1-12-39(6)54(65(9)59(77)52(37(2)3)61-57(75)53(38(4)5)64(8)32-20-25-48(70)63-62-47(69)24-17-14-18-33-67-49(71)30-31-50(67)72)46(78-10)36-51(73)66-34-19-23-45(66)55(79-11)40(7)56(74)60-44(35-41-21-15-13-16-22-41)58(76)68-42-26-28-43(80-68)29-27-42/h13,15-16,21-22,26,28,30-31,37-40,42-46,52-55H,12,14,17-20,23-25,27,29,32-36H2,1-11H3,(H,60,74)(H,61,75)(H,62,69)(H,63,70)/t39-,40+,42?,43?,44-,45-,46+,52-,53-,54-,55+/m0/s1. The molecule has 0 radical (unpaired) electrons. The van der Waals surface area contributed by atoms with Crippen molar-refractivity contribution in [2.75, 3.05) is 47.9 Å². The van der Waals surface area contributed by atoms with Crippen LogP contribution in [0.25, 0.3) is 0 Å². The number of rotatable bonds is 31. The number of nitrogens with one attached hydrogen (secondary N) is 4. The molecule has 0 spiro atoms. The Labute approximate surface area is 473 Å². The summed E-state index contributed by atoms with van der Waals surface area (Å²) in [4.78, 5) is 133. The Morgan fingerprint density at radius 2 is 1.44 bits per heavy atom. The molecule has 9 amide bonds. The Morgan fingerprint density at radius 3 is 2.00 bits per heavy atom. The minimum Gasteiger partial charge on any atom is -0.379 e. The van der Waals surface area contributed by atoms with Gasteiger partial charge in [0.1, 0.15) is 18.2 Å². The molecule has 4 aliphatic heterocycles. The lowest BCUT2D eigenvalue weighted by atomic mass is 9.89. The molecule has 4 heterocycles. The van der Waals surface area contributed by atoms with Crippen LogP contribution in [0, 0.1) is 23.7 Å². The third kappa shape index (κ3) is 17.5. The lowest BCUT2D eigenvalue weighted by Gasteiger charge is -2.42. The third-order valence-electron chi connectivity index (χ3n) is 16.3. The van der Waals surface area contributed by atoms with Gasteiger partial charge in [-0.2, -0.15) is 0 Å². The van der Waals surface area contributed by atoms with E-state index in [1.165, 1.54) is 31.4 Å². The summed E-state index contributed by atoms with van der Waals surface area (Å²) in [6, 6.07) is 5.78. The maximum atomic E-state index is 14.7. The molecule has 5 aliphatic rings. The van der Waals surface area contributed by atoms with Gasteiger partial charge < -0.3 is 29.9 Å². The number of hydrogen-bond donors (Lipinski definition) is 4. The number of amides is 9.